The molecule has 0 bridgehead atoms. The molecular formula is C46H46Cl8Si3Zr. The van der Waals surface area contributed by atoms with E-state index in [1.54, 1.807) is 0 Å². The monoisotopic (exact) mass is 1050 g/mol. The number of hydrogen-bond acceptors (Lipinski definition) is 0. The molecular weight excluding hydrogens is 1010 g/mol. The molecule has 58 heavy (non-hydrogen) atoms. The van der Waals surface area contributed by atoms with Gasteiger partial charge in [-0.3, -0.25) is 0 Å². The third-order valence-corrected chi connectivity index (χ3v) is 46.6. The van der Waals surface area contributed by atoms with E-state index in [2.05, 4.69) is 154 Å². The van der Waals surface area contributed by atoms with Crippen LogP contribution in [0, 0.1) is 0 Å². The van der Waals surface area contributed by atoms with Crippen LogP contribution in [-0.2, 0) is 17.4 Å². The Bertz CT molecular complexity index is 2450. The van der Waals surface area contributed by atoms with Crippen molar-refractivity contribution < 1.29 is 17.4 Å². The van der Waals surface area contributed by atoms with Crippen molar-refractivity contribution in [1.29, 1.82) is 0 Å². The van der Waals surface area contributed by atoms with Crippen LogP contribution in [0.4, 0.5) is 0 Å². The van der Waals surface area contributed by atoms with Gasteiger partial charge < -0.3 is 0 Å². The fraction of sp³-hybridized carbons (Fsp3) is 0.217. The van der Waals surface area contributed by atoms with Gasteiger partial charge in [-0.05, 0) is 0 Å². The summed E-state index contributed by atoms with van der Waals surface area (Å²) >= 11 is 35.8. The molecule has 6 aromatic carbocycles. The van der Waals surface area contributed by atoms with Gasteiger partial charge in [-0.1, -0.05) is 0 Å². The third kappa shape index (κ3) is 8.86. The average molecular weight is 1060 g/mol. The molecule has 2 aliphatic carbocycles. The number of allylic oxidation sites excluding steroid dienone is 2. The Balaban J connectivity index is 0.00000283. The van der Waals surface area contributed by atoms with Gasteiger partial charge >= 0.3 is 368 Å². The van der Waals surface area contributed by atoms with Crippen molar-refractivity contribution in [3.05, 3.63) is 155 Å². The number of halogens is 8. The topological polar surface area (TPSA) is 0 Å². The molecule has 0 spiro atoms. The molecule has 8 rings (SSSR count). The maximum Gasteiger partial charge on any atom is -0.147 e. The molecule has 0 heterocycles. The maximum atomic E-state index is 6.71. The Labute approximate surface area is 388 Å². The van der Waals surface area contributed by atoms with Crippen molar-refractivity contribution in [2.45, 2.75) is 54.3 Å². The van der Waals surface area contributed by atoms with Crippen molar-refractivity contribution in [2.24, 2.45) is 0 Å². The standard InChI is InChI=1S/2C20H15.2C3H6Cl3Si.2ClH.H2Si.Zr/c2*1-14-12-16-8-5-11-19(20(16)13-14)18-10-4-7-15-6-2-3-9-17(15)18;2*1-2-3-7(4,5)6;;;;/h2*2-13H,1H3;2*1-3H2;2*1H;1H2;. The van der Waals surface area contributed by atoms with E-state index in [0.717, 1.165) is 21.1 Å². The number of fused-ring (bicyclic) bond motifs is 4. The third-order valence-electron chi connectivity index (χ3n) is 12.8. The summed E-state index contributed by atoms with van der Waals surface area (Å²) in [7, 11) is 0. The second-order valence-corrected chi connectivity index (χ2v) is 61.5. The van der Waals surface area contributed by atoms with Gasteiger partial charge in [0.2, 0.25) is 0 Å². The predicted molar refractivity (Wildman–Crippen MR) is 270 cm³/mol. The molecule has 12 heteroatoms. The summed E-state index contributed by atoms with van der Waals surface area (Å²) in [4.78, 5) is 0. The van der Waals surface area contributed by atoms with Gasteiger partial charge in [0.1, 0.15) is 0 Å². The van der Waals surface area contributed by atoms with E-state index in [9.17, 15) is 0 Å². The van der Waals surface area contributed by atoms with Crippen LogP contribution in [-0.4, -0.2) is 18.9 Å². The number of benzene rings is 6. The summed E-state index contributed by atoms with van der Waals surface area (Å²) in [5, 5.41) is 5.03. The Morgan fingerprint density at radius 2 is 0.828 bits per heavy atom. The maximum absolute atomic E-state index is 6.71. The first kappa shape index (κ1) is 46.7. The van der Waals surface area contributed by atoms with Crippen molar-refractivity contribution in [3.63, 3.8) is 0 Å². The van der Waals surface area contributed by atoms with Crippen LogP contribution in [0.25, 0.3) is 56.0 Å². The fourth-order valence-electron chi connectivity index (χ4n) is 10.9. The van der Waals surface area contributed by atoms with Crippen molar-refractivity contribution >= 4 is 144 Å². The Morgan fingerprint density at radius 3 is 1.22 bits per heavy atom. The van der Waals surface area contributed by atoms with Crippen LogP contribution >= 0.6 is 91.3 Å². The largest absolute Gasteiger partial charge is 0.147 e. The van der Waals surface area contributed by atoms with E-state index >= 15 is 0 Å². The summed E-state index contributed by atoms with van der Waals surface area (Å²) in [5.74, 6) is 0. The van der Waals surface area contributed by atoms with Gasteiger partial charge in [0, 0.05) is 0 Å². The number of hydrogen-bond donors (Lipinski definition) is 0. The second kappa shape index (κ2) is 18.1. The summed E-state index contributed by atoms with van der Waals surface area (Å²) in [6.45, 7) is 7.18. The molecule has 0 radical (unpaired) electrons. The first-order chi connectivity index (χ1) is 26.7. The summed E-state index contributed by atoms with van der Waals surface area (Å²) in [6.07, 6.45) is 6.78. The smallest absolute Gasteiger partial charge is 0.147 e. The fourth-order valence-corrected chi connectivity index (χ4v) is 47.0. The summed E-state index contributed by atoms with van der Waals surface area (Å²) in [6, 6.07) is 40.2. The van der Waals surface area contributed by atoms with Gasteiger partial charge in [0.25, 0.3) is 0 Å². The van der Waals surface area contributed by atoms with E-state index in [4.69, 9.17) is 66.5 Å². The van der Waals surface area contributed by atoms with E-state index in [0.29, 0.717) is 12.1 Å². The van der Waals surface area contributed by atoms with Crippen LogP contribution < -0.4 is 0 Å². The Hall–Kier alpha value is -0.826. The Kier molecular flexibility index (Phi) is 14.6. The molecule has 2 aliphatic rings. The molecule has 0 saturated heterocycles. The molecule has 0 fully saturated rings. The van der Waals surface area contributed by atoms with Crippen LogP contribution in [0.2, 0.25) is 20.3 Å². The van der Waals surface area contributed by atoms with Gasteiger partial charge in [-0.25, -0.2) is 0 Å². The summed E-state index contributed by atoms with van der Waals surface area (Å²) < 4.78 is 2.66. The second-order valence-electron chi connectivity index (χ2n) is 16.4. The van der Waals surface area contributed by atoms with Gasteiger partial charge in [-0.2, -0.15) is 0 Å². The molecule has 0 saturated carbocycles. The van der Waals surface area contributed by atoms with Gasteiger partial charge in [-0.15, -0.1) is 24.8 Å². The number of rotatable bonds is 12. The molecule has 6 aromatic rings. The van der Waals surface area contributed by atoms with Gasteiger partial charge in [0.05, 0.1) is 0 Å². The molecule has 0 N–H and O–H groups in total. The molecule has 0 aliphatic heterocycles. The average Bonchev–Trinajstić information content (AvgIpc) is 3.70. The Morgan fingerprint density at radius 1 is 0.483 bits per heavy atom. The van der Waals surface area contributed by atoms with E-state index in [1.165, 1.54) is 77.2 Å². The van der Waals surface area contributed by atoms with E-state index in [-0.39, 0.29) is 32.1 Å². The van der Waals surface area contributed by atoms with Crippen LogP contribution in [0.3, 0.4) is 0 Å². The first-order valence-electron chi connectivity index (χ1n) is 19.4. The minimum absolute atomic E-state index is 0. The van der Waals surface area contributed by atoms with E-state index in [1.807, 2.05) is 0 Å². The van der Waals surface area contributed by atoms with Crippen LogP contribution in [0.1, 0.15) is 56.2 Å². The zero-order valence-electron chi connectivity index (χ0n) is 32.4. The van der Waals surface area contributed by atoms with Crippen LogP contribution in [0.5, 0.6) is 0 Å². The normalized spacial score (nSPS) is 16.6. The van der Waals surface area contributed by atoms with E-state index < -0.39 is 29.4 Å². The van der Waals surface area contributed by atoms with Crippen molar-refractivity contribution in [3.8, 4) is 22.3 Å². The minimum atomic E-state index is -4.44. The predicted octanol–water partition coefficient (Wildman–Crippen LogP) is 17.0. The SMILES string of the molecule is CC1=Cc2c(-c3cccc4ccccc34)cccc2[CH]1[Zr](=[SiH2])([CH2]CC[Si](Cl)(Cl)Cl)([CH2]CC[Si](Cl)(Cl)Cl)[CH]1C(C)=Cc2c(-c3cccc4ccccc34)cccc21.Cl.Cl. The quantitative estimate of drug-likeness (QED) is 0.0846. The molecule has 302 valence electrons. The molecule has 2 unspecified atom stereocenters. The van der Waals surface area contributed by atoms with Crippen molar-refractivity contribution in [2.75, 3.05) is 0 Å². The van der Waals surface area contributed by atoms with Gasteiger partial charge in [0.15, 0.2) is 0 Å². The first-order valence-corrected chi connectivity index (χ1v) is 42.1. The van der Waals surface area contributed by atoms with Crippen molar-refractivity contribution in [1.82, 2.24) is 0 Å². The molecule has 0 nitrogen and oxygen atoms in total. The minimum Gasteiger partial charge on any atom is -0.147 e. The zero-order chi connectivity index (χ0) is 39.5. The molecule has 0 amide bonds. The summed E-state index contributed by atoms with van der Waals surface area (Å²) in [5.41, 5.74) is 13.6. The molecule has 2 atom stereocenters. The zero-order valence-corrected chi connectivity index (χ0v) is 44.4. The molecule has 0 aromatic heterocycles. The van der Waals surface area contributed by atoms with Crippen LogP contribution in [0.15, 0.2) is 132 Å².